The molecule has 1 aliphatic rings. The lowest BCUT2D eigenvalue weighted by atomic mass is 10.0. The number of nitrogens with zero attached hydrogens (tertiary/aromatic N) is 5. The summed E-state index contributed by atoms with van der Waals surface area (Å²) in [6.07, 6.45) is 5.91. The van der Waals surface area contributed by atoms with Gasteiger partial charge in [-0.3, -0.25) is 14.5 Å². The Balaban J connectivity index is 1.81. The molecule has 0 aliphatic carbocycles. The van der Waals surface area contributed by atoms with E-state index in [9.17, 15) is 4.79 Å². The molecule has 132 valence electrons. The third-order valence-corrected chi connectivity index (χ3v) is 4.11. The van der Waals surface area contributed by atoms with Crippen LogP contribution in [0.5, 0.6) is 0 Å². The van der Waals surface area contributed by atoms with Crippen molar-refractivity contribution >= 4 is 23.1 Å². The van der Waals surface area contributed by atoms with Crippen molar-refractivity contribution in [3.05, 3.63) is 48.0 Å². The Kier molecular flexibility index (Phi) is 2.49. The summed E-state index contributed by atoms with van der Waals surface area (Å²) >= 11 is 0. The molecule has 0 radical (unpaired) electrons. The number of carbonyl (C=O) groups is 1. The van der Waals surface area contributed by atoms with Gasteiger partial charge >= 0.3 is 0 Å². The van der Waals surface area contributed by atoms with Crippen LogP contribution in [0.1, 0.15) is 24.1 Å². The van der Waals surface area contributed by atoms with Crippen LogP contribution in [0.25, 0.3) is 11.3 Å². The minimum Gasteiger partial charge on any atom is -0.367 e. The molecule has 0 atom stereocenters. The van der Waals surface area contributed by atoms with Gasteiger partial charge < -0.3 is 15.5 Å². The highest BCUT2D eigenvalue weighted by Crippen LogP contribution is 2.41. The van der Waals surface area contributed by atoms with Crippen LogP contribution >= 0.6 is 0 Å². The number of carbonyl (C=O) groups excluding carboxylic acids is 1. The number of rotatable bonds is 3. The van der Waals surface area contributed by atoms with E-state index in [4.69, 9.17) is 8.22 Å². The van der Waals surface area contributed by atoms with Crippen LogP contribution in [0.2, 0.25) is 0 Å². The van der Waals surface area contributed by atoms with Crippen molar-refractivity contribution < 1.29 is 13.0 Å². The summed E-state index contributed by atoms with van der Waals surface area (Å²) in [5, 5.41) is 9.36. The molecule has 8 heteroatoms. The summed E-state index contributed by atoms with van der Waals surface area (Å²) in [6, 6.07) is 3.16. The van der Waals surface area contributed by atoms with Crippen molar-refractivity contribution in [3.8, 4) is 11.3 Å². The molecule has 3 aromatic rings. The van der Waals surface area contributed by atoms with Crippen molar-refractivity contribution in [1.29, 1.82) is 0 Å². The number of aryl methyl sites for hydroxylation is 1. The van der Waals surface area contributed by atoms with Gasteiger partial charge in [0.1, 0.15) is 0 Å². The maximum atomic E-state index is 12.5. The van der Waals surface area contributed by atoms with Crippen LogP contribution in [0.4, 0.5) is 17.2 Å². The van der Waals surface area contributed by atoms with Crippen molar-refractivity contribution in [1.82, 2.24) is 25.1 Å². The minimum atomic E-state index is -2.68. The lowest BCUT2D eigenvalue weighted by Crippen LogP contribution is -2.23. The molecule has 4 heterocycles. The zero-order valence-electron chi connectivity index (χ0n) is 19.8. The van der Waals surface area contributed by atoms with Gasteiger partial charge in [0.15, 0.2) is 5.82 Å². The highest BCUT2D eigenvalue weighted by Gasteiger charge is 2.26. The van der Waals surface area contributed by atoms with E-state index >= 15 is 0 Å². The quantitative estimate of drug-likeness (QED) is 0.746. The molecule has 0 saturated heterocycles. The zero-order valence-corrected chi connectivity index (χ0v) is 13.8. The molecular weight excluding hydrogens is 330 g/mol. The first-order chi connectivity index (χ1) is 14.9. The van der Waals surface area contributed by atoms with E-state index in [1.54, 1.807) is 24.0 Å². The number of aromatic nitrogens is 4. The van der Waals surface area contributed by atoms with Crippen molar-refractivity contribution in [2.45, 2.75) is 6.54 Å². The van der Waals surface area contributed by atoms with Crippen LogP contribution in [-0.2, 0) is 13.6 Å². The van der Waals surface area contributed by atoms with Gasteiger partial charge in [-0.05, 0) is 12.1 Å². The standard InChI is InChI=1S/C18H19N7O/c1-19-18(26)13-8-20-6-5-14(13)22-17-16-12(4-7-21-17)15-11(9-24(16)2)10-25(3)23-15/h4-8,10H,9H2,1-3H3,(H,19,26)(H,20,21,22)/i1D3,2D3. The molecule has 4 rings (SSSR count). The fourth-order valence-corrected chi connectivity index (χ4v) is 3.02. The predicted octanol–water partition coefficient (Wildman–Crippen LogP) is 1.93. The third kappa shape index (κ3) is 2.55. The van der Waals surface area contributed by atoms with Crippen molar-refractivity contribution in [2.75, 3.05) is 24.2 Å². The second kappa shape index (κ2) is 6.14. The minimum absolute atomic E-state index is 0.0298. The molecule has 26 heavy (non-hydrogen) atoms. The summed E-state index contributed by atoms with van der Waals surface area (Å²) in [5.41, 5.74) is 2.47. The fourth-order valence-electron chi connectivity index (χ4n) is 3.02. The van der Waals surface area contributed by atoms with E-state index in [1.807, 2.05) is 5.32 Å². The van der Waals surface area contributed by atoms with Gasteiger partial charge in [0.2, 0.25) is 0 Å². The molecule has 0 fully saturated rings. The van der Waals surface area contributed by atoms with E-state index in [-0.39, 0.29) is 23.6 Å². The average Bonchev–Trinajstić information content (AvgIpc) is 3.06. The topological polar surface area (TPSA) is 88.0 Å². The van der Waals surface area contributed by atoms with E-state index in [0.717, 1.165) is 5.56 Å². The molecule has 3 aromatic heterocycles. The maximum absolute atomic E-state index is 12.5. The van der Waals surface area contributed by atoms with Crippen LogP contribution in [-0.4, -0.2) is 39.6 Å². The van der Waals surface area contributed by atoms with Gasteiger partial charge in [-0.1, -0.05) is 0 Å². The zero-order chi connectivity index (χ0) is 23.3. The van der Waals surface area contributed by atoms with E-state index in [1.165, 1.54) is 29.6 Å². The van der Waals surface area contributed by atoms with E-state index < -0.39 is 19.9 Å². The fraction of sp³-hybridized carbons (Fsp3) is 0.222. The number of fused-ring (bicyclic) bond motifs is 3. The number of anilines is 3. The largest absolute Gasteiger partial charge is 0.367 e. The molecule has 1 amide bonds. The monoisotopic (exact) mass is 355 g/mol. The van der Waals surface area contributed by atoms with Gasteiger partial charge in [0.05, 0.1) is 22.6 Å². The molecule has 0 saturated carbocycles. The molecule has 2 N–H and O–H groups in total. The molecule has 1 aliphatic heterocycles. The summed E-state index contributed by atoms with van der Waals surface area (Å²) in [4.78, 5) is 21.9. The highest BCUT2D eigenvalue weighted by atomic mass is 16.1. The summed E-state index contributed by atoms with van der Waals surface area (Å²) in [6.45, 7) is -5.06. The highest BCUT2D eigenvalue weighted by molar-refractivity contribution is 6.00. The second-order valence-electron chi connectivity index (χ2n) is 5.82. The molecular formula is C18H19N7O. The molecule has 0 spiro atoms. The summed E-state index contributed by atoms with van der Waals surface area (Å²) in [5.74, 6) is -0.672. The average molecular weight is 355 g/mol. The van der Waals surface area contributed by atoms with E-state index in [2.05, 4.69) is 20.4 Å². The first-order valence-corrected chi connectivity index (χ1v) is 7.77. The van der Waals surface area contributed by atoms with Crippen molar-refractivity contribution in [3.63, 3.8) is 0 Å². The van der Waals surface area contributed by atoms with Crippen LogP contribution in [0.3, 0.4) is 0 Å². The lowest BCUT2D eigenvalue weighted by molar-refractivity contribution is 0.0963. The predicted molar refractivity (Wildman–Crippen MR) is 99.5 cm³/mol. The van der Waals surface area contributed by atoms with Crippen LogP contribution in [0.15, 0.2) is 36.9 Å². The maximum Gasteiger partial charge on any atom is 0.254 e. The second-order valence-corrected chi connectivity index (χ2v) is 5.82. The summed E-state index contributed by atoms with van der Waals surface area (Å²) < 4.78 is 47.5. The Morgan fingerprint density at radius 2 is 2.27 bits per heavy atom. The van der Waals surface area contributed by atoms with Crippen LogP contribution in [0, 0.1) is 0 Å². The molecule has 0 aromatic carbocycles. The number of amides is 1. The van der Waals surface area contributed by atoms with Crippen LogP contribution < -0.4 is 15.5 Å². The Morgan fingerprint density at radius 3 is 3.12 bits per heavy atom. The number of pyridine rings is 2. The molecule has 0 bridgehead atoms. The smallest absolute Gasteiger partial charge is 0.254 e. The Hall–Kier alpha value is -3.42. The third-order valence-electron chi connectivity index (χ3n) is 4.11. The lowest BCUT2D eigenvalue weighted by Gasteiger charge is -2.28. The van der Waals surface area contributed by atoms with E-state index in [0.29, 0.717) is 16.9 Å². The van der Waals surface area contributed by atoms with Gasteiger partial charge in [-0.2, -0.15) is 5.10 Å². The number of hydrogen-bond donors (Lipinski definition) is 2. The number of hydrogen-bond acceptors (Lipinski definition) is 6. The van der Waals surface area contributed by atoms with Gasteiger partial charge in [0, 0.05) is 71.7 Å². The van der Waals surface area contributed by atoms with Crippen molar-refractivity contribution in [2.24, 2.45) is 7.05 Å². The van der Waals surface area contributed by atoms with Gasteiger partial charge in [-0.15, -0.1) is 0 Å². The van der Waals surface area contributed by atoms with Gasteiger partial charge in [-0.25, -0.2) is 4.98 Å². The Bertz CT molecular complexity index is 1190. The molecule has 0 unspecified atom stereocenters. The first-order valence-electron chi connectivity index (χ1n) is 10.8. The Morgan fingerprint density at radius 1 is 1.35 bits per heavy atom. The Labute approximate surface area is 159 Å². The molecule has 8 nitrogen and oxygen atoms in total. The SMILES string of the molecule is [2H]C([2H])([2H])NC(=O)c1cnccc1Nc1nccc2c1N(C([2H])([2H])[2H])Cc1cn(C)nc1-2. The van der Waals surface area contributed by atoms with Gasteiger partial charge in [0.25, 0.3) is 5.91 Å². The first kappa shape index (κ1) is 10.5. The normalized spacial score (nSPS) is 16.7. The summed E-state index contributed by atoms with van der Waals surface area (Å²) in [7, 11) is 1.75. The number of nitrogens with one attached hydrogen (secondary N) is 2.